The van der Waals surface area contributed by atoms with E-state index in [2.05, 4.69) is 24.4 Å². The van der Waals surface area contributed by atoms with Gasteiger partial charge in [-0.3, -0.25) is 4.79 Å². The Labute approximate surface area is 163 Å². The molecule has 4 nitrogen and oxygen atoms in total. The van der Waals surface area contributed by atoms with Crippen LogP contribution in [0, 0.1) is 0 Å². The number of hydrogen-bond acceptors (Lipinski definition) is 3. The fourth-order valence-corrected chi connectivity index (χ4v) is 3.59. The number of carbonyl (C=O) groups excluding carboxylic acids is 1. The second-order valence-corrected chi connectivity index (χ2v) is 7.74. The highest BCUT2D eigenvalue weighted by Crippen LogP contribution is 2.30. The van der Waals surface area contributed by atoms with E-state index in [1.165, 1.54) is 51.0 Å². The normalized spacial score (nSPS) is 12.8. The third kappa shape index (κ3) is 8.07. The quantitative estimate of drug-likeness (QED) is 0.354. The summed E-state index contributed by atoms with van der Waals surface area (Å²) in [7, 11) is 0. The van der Waals surface area contributed by atoms with Gasteiger partial charge in [-0.25, -0.2) is 0 Å². The summed E-state index contributed by atoms with van der Waals surface area (Å²) in [5, 5.41) is 21.4. The molecule has 1 amide bonds. The van der Waals surface area contributed by atoms with Crippen LogP contribution in [0.1, 0.15) is 75.3 Å². The molecule has 3 N–H and O–H groups in total. The second kappa shape index (κ2) is 12.3. The van der Waals surface area contributed by atoms with Gasteiger partial charge < -0.3 is 15.5 Å². The van der Waals surface area contributed by atoms with Crippen LogP contribution in [0.4, 0.5) is 0 Å². The number of benzene rings is 1. The monoisotopic (exact) mass is 383 g/mol. The highest BCUT2D eigenvalue weighted by atomic mass is 35.5. The van der Waals surface area contributed by atoms with Crippen LogP contribution in [0.3, 0.4) is 0 Å². The number of nitrogens with one attached hydrogen (secondary N) is 1. The van der Waals surface area contributed by atoms with Crippen molar-refractivity contribution in [2.75, 3.05) is 13.2 Å². The molecule has 0 heterocycles. The van der Waals surface area contributed by atoms with Crippen molar-refractivity contribution < 1.29 is 15.0 Å². The summed E-state index contributed by atoms with van der Waals surface area (Å²) in [6.07, 6.45) is 9.04. The molecule has 0 aromatic heterocycles. The number of aryl methyl sites for hydroxylation is 1. The fraction of sp³-hybridized carbons (Fsp3) is 0.667. The van der Waals surface area contributed by atoms with Gasteiger partial charge in [-0.2, -0.15) is 0 Å². The summed E-state index contributed by atoms with van der Waals surface area (Å²) >= 11 is 6.49. The van der Waals surface area contributed by atoms with Crippen LogP contribution in [-0.2, 0) is 11.2 Å². The molecule has 0 aliphatic carbocycles. The molecule has 0 aliphatic heterocycles. The highest BCUT2D eigenvalue weighted by Gasteiger charge is 2.32. The first kappa shape index (κ1) is 22.9. The molecular weight excluding hydrogens is 350 g/mol. The lowest BCUT2D eigenvalue weighted by Crippen LogP contribution is -2.54. The zero-order valence-electron chi connectivity index (χ0n) is 16.1. The van der Waals surface area contributed by atoms with Crippen LogP contribution in [0.15, 0.2) is 24.3 Å². The van der Waals surface area contributed by atoms with E-state index in [0.717, 1.165) is 12.0 Å². The number of amides is 1. The molecule has 0 fully saturated rings. The number of hydrogen-bond donors (Lipinski definition) is 3. The predicted octanol–water partition coefficient (Wildman–Crippen LogP) is 4.12. The van der Waals surface area contributed by atoms with Crippen molar-refractivity contribution in [3.8, 4) is 0 Å². The Kier molecular flexibility index (Phi) is 10.9. The van der Waals surface area contributed by atoms with Gasteiger partial charge in [0.05, 0.1) is 24.1 Å². The summed E-state index contributed by atoms with van der Waals surface area (Å²) < 4.78 is 0. The molecule has 1 rings (SSSR count). The Morgan fingerprint density at radius 3 is 2.19 bits per heavy atom. The molecule has 0 radical (unpaired) electrons. The van der Waals surface area contributed by atoms with Crippen LogP contribution < -0.4 is 5.32 Å². The van der Waals surface area contributed by atoms with E-state index < -0.39 is 10.9 Å². The molecule has 1 unspecified atom stereocenters. The Balaban J connectivity index is 2.54. The average Bonchev–Trinajstić information content (AvgIpc) is 2.64. The number of carbonyl (C=O) groups is 1. The summed E-state index contributed by atoms with van der Waals surface area (Å²) in [6.45, 7) is 2.87. The van der Waals surface area contributed by atoms with Crippen molar-refractivity contribution in [2.24, 2.45) is 0 Å². The molecule has 1 aromatic carbocycles. The third-order valence-electron chi connectivity index (χ3n) is 4.78. The van der Waals surface area contributed by atoms with Crippen molar-refractivity contribution in [3.63, 3.8) is 0 Å². The van der Waals surface area contributed by atoms with Gasteiger partial charge in [0.15, 0.2) is 0 Å². The van der Waals surface area contributed by atoms with Gasteiger partial charge >= 0.3 is 0 Å². The van der Waals surface area contributed by atoms with Gasteiger partial charge in [0.25, 0.3) is 0 Å². The van der Waals surface area contributed by atoms with Gasteiger partial charge in [0.1, 0.15) is 0 Å². The van der Waals surface area contributed by atoms with E-state index in [1.807, 2.05) is 12.1 Å². The predicted molar refractivity (Wildman–Crippen MR) is 107 cm³/mol. The van der Waals surface area contributed by atoms with Crippen LogP contribution in [0.5, 0.6) is 0 Å². The standard InChI is InChI=1S/C21H34ClNO3/c1-3-4-5-6-7-8-9-18-10-12-19(13-11-18)20(22)14-21(15-24,16-25)23-17(2)26/h10-13,20,24-25H,3-9,14-16H2,1-2H3,(H,23,26). The topological polar surface area (TPSA) is 69.6 Å². The molecule has 1 aromatic rings. The molecule has 0 bridgehead atoms. The first-order chi connectivity index (χ1) is 12.5. The van der Waals surface area contributed by atoms with E-state index >= 15 is 0 Å². The Hall–Kier alpha value is -1.10. The number of aliphatic hydroxyl groups excluding tert-OH is 2. The molecule has 5 heteroatoms. The van der Waals surface area contributed by atoms with E-state index in [1.54, 1.807) is 0 Å². The van der Waals surface area contributed by atoms with E-state index in [9.17, 15) is 15.0 Å². The molecule has 0 aliphatic rings. The Morgan fingerprint density at radius 1 is 1.08 bits per heavy atom. The van der Waals surface area contributed by atoms with Crippen molar-refractivity contribution >= 4 is 17.5 Å². The zero-order valence-corrected chi connectivity index (χ0v) is 16.9. The summed E-state index contributed by atoms with van der Waals surface area (Å²) in [5.41, 5.74) is 1.12. The van der Waals surface area contributed by atoms with Crippen molar-refractivity contribution in [2.45, 2.75) is 76.1 Å². The SMILES string of the molecule is CCCCCCCCc1ccc(C(Cl)CC(CO)(CO)NC(C)=O)cc1. The van der Waals surface area contributed by atoms with Crippen molar-refractivity contribution in [1.82, 2.24) is 5.32 Å². The van der Waals surface area contributed by atoms with Crippen LogP contribution in [0.2, 0.25) is 0 Å². The average molecular weight is 384 g/mol. The van der Waals surface area contributed by atoms with E-state index in [0.29, 0.717) is 0 Å². The third-order valence-corrected chi connectivity index (χ3v) is 5.18. The maximum absolute atomic E-state index is 11.3. The number of aliphatic hydroxyl groups is 2. The molecule has 1 atom stereocenters. The Bertz CT molecular complexity index is 514. The molecule has 0 saturated heterocycles. The van der Waals surface area contributed by atoms with Crippen LogP contribution in [-0.4, -0.2) is 34.9 Å². The second-order valence-electron chi connectivity index (χ2n) is 7.21. The minimum Gasteiger partial charge on any atom is -0.394 e. The summed E-state index contributed by atoms with van der Waals surface area (Å²) in [5.74, 6) is -0.300. The number of unbranched alkanes of at least 4 members (excludes halogenated alkanes) is 5. The van der Waals surface area contributed by atoms with Gasteiger partial charge in [-0.15, -0.1) is 11.6 Å². The first-order valence-electron chi connectivity index (χ1n) is 9.69. The van der Waals surface area contributed by atoms with Gasteiger partial charge in [0, 0.05) is 6.92 Å². The lowest BCUT2D eigenvalue weighted by atomic mass is 9.91. The van der Waals surface area contributed by atoms with Crippen LogP contribution in [0.25, 0.3) is 0 Å². The fourth-order valence-electron chi connectivity index (χ4n) is 3.15. The first-order valence-corrected chi connectivity index (χ1v) is 10.1. The van der Waals surface area contributed by atoms with Gasteiger partial charge in [0.2, 0.25) is 5.91 Å². The lowest BCUT2D eigenvalue weighted by molar-refractivity contribution is -0.122. The largest absolute Gasteiger partial charge is 0.394 e. The van der Waals surface area contributed by atoms with Crippen LogP contribution >= 0.6 is 11.6 Å². The molecule has 0 saturated carbocycles. The lowest BCUT2D eigenvalue weighted by Gasteiger charge is -2.32. The summed E-state index contributed by atoms with van der Waals surface area (Å²) in [4.78, 5) is 11.3. The highest BCUT2D eigenvalue weighted by molar-refractivity contribution is 6.20. The number of rotatable bonds is 13. The number of halogens is 1. The van der Waals surface area contributed by atoms with Crippen molar-refractivity contribution in [1.29, 1.82) is 0 Å². The molecule has 148 valence electrons. The summed E-state index contributed by atoms with van der Waals surface area (Å²) in [6, 6.07) is 8.18. The minimum absolute atomic E-state index is 0.262. The molecular formula is C21H34ClNO3. The maximum atomic E-state index is 11.3. The van der Waals surface area contributed by atoms with Gasteiger partial charge in [-0.05, 0) is 30.4 Å². The van der Waals surface area contributed by atoms with Gasteiger partial charge in [-0.1, -0.05) is 63.3 Å². The smallest absolute Gasteiger partial charge is 0.217 e. The van der Waals surface area contributed by atoms with E-state index in [-0.39, 0.29) is 25.5 Å². The Morgan fingerprint density at radius 2 is 1.65 bits per heavy atom. The minimum atomic E-state index is -1.10. The van der Waals surface area contributed by atoms with E-state index in [4.69, 9.17) is 11.6 Å². The molecule has 0 spiro atoms. The maximum Gasteiger partial charge on any atom is 0.217 e. The number of alkyl halides is 1. The molecule has 26 heavy (non-hydrogen) atoms. The van der Waals surface area contributed by atoms with Crippen molar-refractivity contribution in [3.05, 3.63) is 35.4 Å². The zero-order chi connectivity index (χ0) is 19.4.